The highest BCUT2D eigenvalue weighted by molar-refractivity contribution is 7.89. The number of aromatic nitrogens is 3. The summed E-state index contributed by atoms with van der Waals surface area (Å²) in [7, 11) is -3.52. The minimum Gasteiger partial charge on any atom is -0.361 e. The predicted octanol–water partition coefficient (Wildman–Crippen LogP) is 7.30. The van der Waals surface area contributed by atoms with Crippen LogP contribution in [0.4, 0.5) is 0 Å². The Morgan fingerprint density at radius 3 is 2.58 bits per heavy atom. The highest BCUT2D eigenvalue weighted by atomic mass is 32.2. The number of hydrogen-bond donors (Lipinski definition) is 2. The SMILES string of the molecule is CC.CC.CC[C@@H]1C[C@@H](c2c[nH]c3ccccc23)CCN1CC[C@H]1CCCN1S(=O)(=O)c1ccc2cn[nH]c2c1. The second kappa shape index (κ2) is 13.8. The molecule has 0 amide bonds. The maximum atomic E-state index is 13.5. The first-order valence-electron chi connectivity index (χ1n) is 15.3. The molecule has 2 aliphatic heterocycles. The minimum atomic E-state index is -3.52. The molecule has 0 unspecified atom stereocenters. The molecule has 2 aliphatic rings. The monoisotopic (exact) mass is 565 g/mol. The lowest BCUT2D eigenvalue weighted by molar-refractivity contribution is 0.122. The minimum absolute atomic E-state index is 0.0660. The molecule has 6 rings (SSSR count). The van der Waals surface area contributed by atoms with Gasteiger partial charge in [-0.2, -0.15) is 9.40 Å². The van der Waals surface area contributed by atoms with Crippen LogP contribution in [-0.4, -0.2) is 64.5 Å². The Kier molecular flexibility index (Phi) is 10.4. The van der Waals surface area contributed by atoms with E-state index < -0.39 is 10.0 Å². The molecule has 2 aromatic carbocycles. The Morgan fingerprint density at radius 2 is 1.77 bits per heavy atom. The van der Waals surface area contributed by atoms with Crippen molar-refractivity contribution in [3.63, 3.8) is 0 Å². The fourth-order valence-corrected chi connectivity index (χ4v) is 8.22. The standard InChI is InChI=1S/C28H35N5O2S.2C2H6/c1-2-22-16-20(26-19-29-27-8-4-3-7-25(26)27)11-14-32(22)15-12-23-6-5-13-33(23)36(34,35)24-10-9-21-18-30-31-28(21)17-24;2*1-2/h3-4,7-10,17-20,22-23,29H,2,5-6,11-16H2,1H3,(H,30,31);2*1-2H3/t20-,22+,23+;;/m0../s1. The summed E-state index contributed by atoms with van der Waals surface area (Å²) in [5.74, 6) is 0.572. The molecule has 0 saturated carbocycles. The Morgan fingerprint density at radius 1 is 0.975 bits per heavy atom. The summed E-state index contributed by atoms with van der Waals surface area (Å²) in [5, 5.41) is 9.20. The van der Waals surface area contributed by atoms with Crippen LogP contribution in [0, 0.1) is 0 Å². The van der Waals surface area contributed by atoms with Crippen LogP contribution in [0.15, 0.2) is 59.8 Å². The summed E-state index contributed by atoms with van der Waals surface area (Å²) in [6.45, 7) is 12.9. The van der Waals surface area contributed by atoms with Crippen LogP contribution in [0.25, 0.3) is 21.8 Å². The van der Waals surface area contributed by atoms with Gasteiger partial charge in [-0.05, 0) is 87.4 Å². The maximum absolute atomic E-state index is 13.5. The molecule has 8 heteroatoms. The number of para-hydroxylation sites is 1. The van der Waals surface area contributed by atoms with Gasteiger partial charge in [0.05, 0.1) is 16.6 Å². The van der Waals surface area contributed by atoms with E-state index in [1.165, 1.54) is 16.5 Å². The van der Waals surface area contributed by atoms with Crippen molar-refractivity contribution in [2.24, 2.45) is 0 Å². The Balaban J connectivity index is 0.000000886. The van der Waals surface area contributed by atoms with E-state index in [9.17, 15) is 8.42 Å². The van der Waals surface area contributed by atoms with Gasteiger partial charge >= 0.3 is 0 Å². The second-order valence-corrected chi connectivity index (χ2v) is 12.3. The number of nitrogens with zero attached hydrogens (tertiary/aromatic N) is 3. The second-order valence-electron chi connectivity index (χ2n) is 10.4. The number of H-pyrrole nitrogens is 2. The van der Waals surface area contributed by atoms with E-state index in [2.05, 4.69) is 57.5 Å². The van der Waals surface area contributed by atoms with Crippen molar-refractivity contribution in [2.45, 2.75) is 96.0 Å². The molecule has 2 aromatic heterocycles. The Hall–Kier alpha value is -2.68. The Labute approximate surface area is 240 Å². The lowest BCUT2D eigenvalue weighted by Crippen LogP contribution is -2.44. The zero-order valence-electron chi connectivity index (χ0n) is 24.9. The van der Waals surface area contributed by atoms with Gasteiger partial charge in [-0.3, -0.25) is 5.10 Å². The summed E-state index contributed by atoms with van der Waals surface area (Å²) in [5.41, 5.74) is 3.43. The van der Waals surface area contributed by atoms with Gasteiger partial charge in [0.15, 0.2) is 0 Å². The topological polar surface area (TPSA) is 85.1 Å². The number of piperidine rings is 1. The first-order valence-corrected chi connectivity index (χ1v) is 16.7. The van der Waals surface area contributed by atoms with Crippen molar-refractivity contribution in [2.75, 3.05) is 19.6 Å². The average molecular weight is 566 g/mol. The molecule has 218 valence electrons. The number of benzene rings is 2. The van der Waals surface area contributed by atoms with Crippen molar-refractivity contribution >= 4 is 31.8 Å². The number of sulfonamides is 1. The van der Waals surface area contributed by atoms with Crippen LogP contribution in [-0.2, 0) is 10.0 Å². The molecule has 40 heavy (non-hydrogen) atoms. The lowest BCUT2D eigenvalue weighted by atomic mass is 9.84. The van der Waals surface area contributed by atoms with E-state index in [1.54, 1.807) is 22.6 Å². The van der Waals surface area contributed by atoms with Crippen LogP contribution >= 0.6 is 0 Å². The summed E-state index contributed by atoms with van der Waals surface area (Å²) in [4.78, 5) is 6.43. The van der Waals surface area contributed by atoms with Crippen LogP contribution < -0.4 is 0 Å². The first kappa shape index (κ1) is 30.3. The smallest absolute Gasteiger partial charge is 0.243 e. The zero-order valence-corrected chi connectivity index (χ0v) is 25.7. The summed E-state index contributed by atoms with van der Waals surface area (Å²) >= 11 is 0. The van der Waals surface area contributed by atoms with Crippen molar-refractivity contribution in [3.8, 4) is 0 Å². The van der Waals surface area contributed by atoms with E-state index in [-0.39, 0.29) is 6.04 Å². The fraction of sp³-hybridized carbons (Fsp3) is 0.531. The van der Waals surface area contributed by atoms with Gasteiger partial charge in [-0.15, -0.1) is 0 Å². The van der Waals surface area contributed by atoms with Gasteiger partial charge < -0.3 is 9.88 Å². The van der Waals surface area contributed by atoms with Gasteiger partial charge in [-0.1, -0.05) is 52.8 Å². The highest BCUT2D eigenvalue weighted by Gasteiger charge is 2.36. The van der Waals surface area contributed by atoms with Gasteiger partial charge in [0.1, 0.15) is 0 Å². The van der Waals surface area contributed by atoms with Crippen molar-refractivity contribution < 1.29 is 8.42 Å². The average Bonchev–Trinajstić information content (AvgIpc) is 3.77. The molecule has 0 radical (unpaired) electrons. The third kappa shape index (κ3) is 6.14. The third-order valence-corrected chi connectivity index (χ3v) is 10.4. The third-order valence-electron chi connectivity index (χ3n) is 8.46. The predicted molar refractivity (Wildman–Crippen MR) is 166 cm³/mol. The zero-order chi connectivity index (χ0) is 28.7. The van der Waals surface area contributed by atoms with E-state index in [0.717, 1.165) is 62.5 Å². The first-order chi connectivity index (χ1) is 19.5. The van der Waals surface area contributed by atoms with Crippen LogP contribution in [0.5, 0.6) is 0 Å². The highest BCUT2D eigenvalue weighted by Crippen LogP contribution is 2.37. The lowest BCUT2D eigenvalue weighted by Gasteiger charge is -2.40. The molecule has 2 fully saturated rings. The molecular weight excluding hydrogens is 518 g/mol. The van der Waals surface area contributed by atoms with E-state index in [4.69, 9.17) is 0 Å². The van der Waals surface area contributed by atoms with E-state index >= 15 is 0 Å². The molecule has 0 aliphatic carbocycles. The molecule has 4 aromatic rings. The van der Waals surface area contributed by atoms with Gasteiger partial charge in [0.2, 0.25) is 10.0 Å². The largest absolute Gasteiger partial charge is 0.361 e. The quantitative estimate of drug-likeness (QED) is 0.246. The summed E-state index contributed by atoms with van der Waals surface area (Å²) in [6.07, 6.45) is 10.1. The van der Waals surface area contributed by atoms with Gasteiger partial charge in [-0.25, -0.2) is 8.42 Å². The van der Waals surface area contributed by atoms with Crippen LogP contribution in [0.3, 0.4) is 0 Å². The summed E-state index contributed by atoms with van der Waals surface area (Å²) in [6, 6.07) is 14.5. The molecule has 0 bridgehead atoms. The number of hydrogen-bond acceptors (Lipinski definition) is 4. The van der Waals surface area contributed by atoms with E-state index in [0.29, 0.717) is 23.4 Å². The maximum Gasteiger partial charge on any atom is 0.243 e. The molecular formula is C32H47N5O2S. The van der Waals surface area contributed by atoms with Crippen LogP contribution in [0.1, 0.15) is 84.6 Å². The molecule has 2 saturated heterocycles. The van der Waals surface area contributed by atoms with Crippen molar-refractivity contribution in [3.05, 3.63) is 60.4 Å². The number of fused-ring (bicyclic) bond motifs is 2. The molecule has 7 nitrogen and oxygen atoms in total. The van der Waals surface area contributed by atoms with Crippen molar-refractivity contribution in [1.29, 1.82) is 0 Å². The number of likely N-dealkylation sites (tertiary alicyclic amines) is 1. The summed E-state index contributed by atoms with van der Waals surface area (Å²) < 4.78 is 28.8. The van der Waals surface area contributed by atoms with Crippen molar-refractivity contribution in [1.82, 2.24) is 24.4 Å². The van der Waals surface area contributed by atoms with E-state index in [1.807, 2.05) is 33.8 Å². The molecule has 3 atom stereocenters. The van der Waals surface area contributed by atoms with Gasteiger partial charge in [0.25, 0.3) is 0 Å². The molecule has 4 heterocycles. The molecule has 0 spiro atoms. The normalized spacial score (nSPS) is 22.1. The number of nitrogens with one attached hydrogen (secondary N) is 2. The molecule has 2 N–H and O–H groups in total. The Bertz CT molecular complexity index is 1460. The number of aromatic amines is 2. The van der Waals surface area contributed by atoms with Gasteiger partial charge in [0, 0.05) is 41.1 Å². The number of rotatable bonds is 7. The van der Waals surface area contributed by atoms with Crippen LogP contribution in [0.2, 0.25) is 0 Å². The fourth-order valence-electron chi connectivity index (χ4n) is 6.47.